The first-order valence-electron chi connectivity index (χ1n) is 9.81. The number of amides is 1. The van der Waals surface area contributed by atoms with Crippen LogP contribution in [0.3, 0.4) is 0 Å². The quantitative estimate of drug-likeness (QED) is 0.376. The summed E-state index contributed by atoms with van der Waals surface area (Å²) >= 11 is 1.06. The molecular formula is C22H24N4O4S2. The van der Waals surface area contributed by atoms with Crippen LogP contribution in [0.4, 0.5) is 11.5 Å². The minimum atomic E-state index is -3.85. The number of sulfone groups is 1. The molecule has 1 amide bonds. The van der Waals surface area contributed by atoms with Crippen LogP contribution in [0.1, 0.15) is 18.1 Å². The van der Waals surface area contributed by atoms with Crippen molar-refractivity contribution in [2.75, 3.05) is 23.4 Å². The molecule has 3 rings (SSSR count). The fourth-order valence-electron chi connectivity index (χ4n) is 2.78. The van der Waals surface area contributed by atoms with Crippen molar-refractivity contribution in [1.82, 2.24) is 9.97 Å². The predicted molar refractivity (Wildman–Crippen MR) is 125 cm³/mol. The van der Waals surface area contributed by atoms with Crippen LogP contribution in [0.2, 0.25) is 0 Å². The topological polar surface area (TPSA) is 124 Å². The van der Waals surface area contributed by atoms with Gasteiger partial charge in [0.2, 0.25) is 15.7 Å². The van der Waals surface area contributed by atoms with Gasteiger partial charge in [0.05, 0.1) is 23.5 Å². The van der Waals surface area contributed by atoms with Gasteiger partial charge in [0, 0.05) is 5.69 Å². The van der Waals surface area contributed by atoms with Crippen molar-refractivity contribution in [3.8, 4) is 5.75 Å². The molecule has 0 fully saturated rings. The number of rotatable bonds is 8. The van der Waals surface area contributed by atoms with E-state index >= 15 is 0 Å². The summed E-state index contributed by atoms with van der Waals surface area (Å²) in [6, 6.07) is 11.9. The van der Waals surface area contributed by atoms with Gasteiger partial charge in [0.15, 0.2) is 5.16 Å². The summed E-state index contributed by atoms with van der Waals surface area (Å²) in [4.78, 5) is 20.3. The molecule has 0 aliphatic rings. The van der Waals surface area contributed by atoms with E-state index in [0.29, 0.717) is 12.3 Å². The average Bonchev–Trinajstić information content (AvgIpc) is 2.75. The lowest BCUT2D eigenvalue weighted by molar-refractivity contribution is -0.113. The molecule has 0 bridgehead atoms. The van der Waals surface area contributed by atoms with Crippen LogP contribution < -0.4 is 15.8 Å². The number of nitrogens with zero attached hydrogens (tertiary/aromatic N) is 2. The number of aromatic nitrogens is 2. The molecular weight excluding hydrogens is 448 g/mol. The molecule has 1 heterocycles. The third-order valence-corrected chi connectivity index (χ3v) is 7.25. The number of nitrogens with one attached hydrogen (secondary N) is 1. The minimum absolute atomic E-state index is 0.0376. The van der Waals surface area contributed by atoms with E-state index in [1.54, 1.807) is 36.4 Å². The molecule has 0 unspecified atom stereocenters. The number of carbonyl (C=O) groups excluding carboxylic acids is 1. The van der Waals surface area contributed by atoms with Crippen molar-refractivity contribution >= 4 is 39.0 Å². The van der Waals surface area contributed by atoms with Crippen molar-refractivity contribution in [1.29, 1.82) is 0 Å². The van der Waals surface area contributed by atoms with Crippen LogP contribution in [0.25, 0.3) is 0 Å². The summed E-state index contributed by atoms with van der Waals surface area (Å²) in [6.07, 6.45) is 1.18. The average molecular weight is 473 g/mol. The Morgan fingerprint density at radius 1 is 1.12 bits per heavy atom. The molecule has 0 saturated heterocycles. The number of carbonyl (C=O) groups is 1. The largest absolute Gasteiger partial charge is 0.494 e. The predicted octanol–water partition coefficient (Wildman–Crippen LogP) is 3.64. The summed E-state index contributed by atoms with van der Waals surface area (Å²) in [7, 11) is -3.85. The first-order chi connectivity index (χ1) is 15.2. The van der Waals surface area contributed by atoms with Crippen molar-refractivity contribution in [3.63, 3.8) is 0 Å². The number of hydrogen-bond donors (Lipinski definition) is 2. The second-order valence-corrected chi connectivity index (χ2v) is 9.81. The molecule has 8 nitrogen and oxygen atoms in total. The van der Waals surface area contributed by atoms with E-state index in [0.717, 1.165) is 28.6 Å². The second-order valence-electron chi connectivity index (χ2n) is 6.95. The monoisotopic (exact) mass is 472 g/mol. The summed E-state index contributed by atoms with van der Waals surface area (Å²) in [5.41, 5.74) is 8.41. The number of thioether (sulfide) groups is 1. The molecule has 168 valence electrons. The Kier molecular flexibility index (Phi) is 7.37. The Morgan fingerprint density at radius 2 is 1.84 bits per heavy atom. The van der Waals surface area contributed by atoms with Crippen molar-refractivity contribution in [2.45, 2.75) is 35.7 Å². The van der Waals surface area contributed by atoms with Gasteiger partial charge in [-0.1, -0.05) is 17.8 Å². The van der Waals surface area contributed by atoms with Crippen molar-refractivity contribution in [2.24, 2.45) is 0 Å². The van der Waals surface area contributed by atoms with Crippen molar-refractivity contribution in [3.05, 3.63) is 59.8 Å². The molecule has 0 aliphatic carbocycles. The SMILES string of the molecule is CCOc1ccc(NC(=O)CSc2ncc(S(=O)(=O)c3ccc(C)c(C)c3)c(N)n2)cc1. The Labute approximate surface area is 191 Å². The summed E-state index contributed by atoms with van der Waals surface area (Å²) < 4.78 is 31.2. The van der Waals surface area contributed by atoms with Crippen LogP contribution in [0.5, 0.6) is 5.75 Å². The third kappa shape index (κ3) is 5.57. The fraction of sp³-hybridized carbons (Fsp3) is 0.227. The number of nitrogen functional groups attached to an aromatic ring is 1. The highest BCUT2D eigenvalue weighted by Crippen LogP contribution is 2.27. The number of ether oxygens (including phenoxy) is 1. The van der Waals surface area contributed by atoms with Crippen LogP contribution >= 0.6 is 11.8 Å². The highest BCUT2D eigenvalue weighted by Gasteiger charge is 2.23. The molecule has 3 aromatic rings. The Bertz CT molecular complexity index is 1230. The van der Waals surface area contributed by atoms with Gasteiger partial charge in [-0.2, -0.15) is 0 Å². The van der Waals surface area contributed by atoms with Gasteiger partial charge in [0.1, 0.15) is 16.5 Å². The normalized spacial score (nSPS) is 11.2. The van der Waals surface area contributed by atoms with Gasteiger partial charge in [-0.05, 0) is 68.3 Å². The standard InChI is InChI=1S/C22H24N4O4S2/c1-4-30-17-8-6-16(7-9-17)25-20(27)13-31-22-24-12-19(21(23)26-22)32(28,29)18-10-5-14(2)15(3)11-18/h5-12H,4,13H2,1-3H3,(H,25,27)(H2,23,24,26). The Balaban J connectivity index is 1.66. The summed E-state index contributed by atoms with van der Waals surface area (Å²) in [6.45, 7) is 6.21. The molecule has 0 atom stereocenters. The number of aryl methyl sites for hydroxylation is 2. The highest BCUT2D eigenvalue weighted by atomic mass is 32.2. The van der Waals surface area contributed by atoms with Gasteiger partial charge >= 0.3 is 0 Å². The van der Waals surface area contributed by atoms with Crippen molar-refractivity contribution < 1.29 is 17.9 Å². The highest BCUT2D eigenvalue weighted by molar-refractivity contribution is 7.99. The smallest absolute Gasteiger partial charge is 0.234 e. The van der Waals surface area contributed by atoms with Gasteiger partial charge in [0.25, 0.3) is 0 Å². The van der Waals surface area contributed by atoms with Gasteiger partial charge in [-0.15, -0.1) is 0 Å². The molecule has 32 heavy (non-hydrogen) atoms. The zero-order chi connectivity index (χ0) is 23.3. The van der Waals surface area contributed by atoms with Crippen LogP contribution in [-0.4, -0.2) is 36.7 Å². The van der Waals surface area contributed by atoms with E-state index < -0.39 is 9.84 Å². The summed E-state index contributed by atoms with van der Waals surface area (Å²) in [5, 5.41) is 2.98. The molecule has 0 radical (unpaired) electrons. The van der Waals surface area contributed by atoms with Gasteiger partial charge < -0.3 is 15.8 Å². The Hall–Kier alpha value is -3.11. The van der Waals surface area contributed by atoms with E-state index in [2.05, 4.69) is 15.3 Å². The lowest BCUT2D eigenvalue weighted by atomic mass is 10.1. The molecule has 0 spiro atoms. The number of anilines is 2. The van der Waals surface area contributed by atoms with Crippen LogP contribution in [0, 0.1) is 13.8 Å². The van der Waals surface area contributed by atoms with E-state index in [4.69, 9.17) is 10.5 Å². The van der Waals surface area contributed by atoms with Gasteiger partial charge in [-0.3, -0.25) is 4.79 Å². The minimum Gasteiger partial charge on any atom is -0.494 e. The fourth-order valence-corrected chi connectivity index (χ4v) is 4.75. The number of benzene rings is 2. The summed E-state index contributed by atoms with van der Waals surface area (Å²) in [5.74, 6) is 0.344. The number of hydrogen-bond acceptors (Lipinski definition) is 8. The molecule has 0 aliphatic heterocycles. The first kappa shape index (κ1) is 23.6. The molecule has 3 N–H and O–H groups in total. The zero-order valence-corrected chi connectivity index (χ0v) is 19.6. The first-order valence-corrected chi connectivity index (χ1v) is 12.3. The maximum absolute atomic E-state index is 12.9. The van der Waals surface area contributed by atoms with Crippen LogP contribution in [0.15, 0.2) is 63.6 Å². The number of nitrogens with two attached hydrogens (primary N) is 1. The lowest BCUT2D eigenvalue weighted by Crippen LogP contribution is -2.14. The maximum atomic E-state index is 12.9. The molecule has 0 saturated carbocycles. The van der Waals surface area contributed by atoms with Gasteiger partial charge in [-0.25, -0.2) is 18.4 Å². The molecule has 10 heteroatoms. The molecule has 2 aromatic carbocycles. The molecule has 1 aromatic heterocycles. The third-order valence-electron chi connectivity index (χ3n) is 4.62. The van der Waals surface area contributed by atoms with Crippen LogP contribution in [-0.2, 0) is 14.6 Å². The van der Waals surface area contributed by atoms with E-state index in [-0.39, 0.29) is 32.4 Å². The van der Waals surface area contributed by atoms with E-state index in [1.165, 1.54) is 12.3 Å². The lowest BCUT2D eigenvalue weighted by Gasteiger charge is -2.10. The van der Waals surface area contributed by atoms with E-state index in [9.17, 15) is 13.2 Å². The van der Waals surface area contributed by atoms with E-state index in [1.807, 2.05) is 20.8 Å². The maximum Gasteiger partial charge on any atom is 0.234 e. The Morgan fingerprint density at radius 3 is 2.47 bits per heavy atom. The zero-order valence-electron chi connectivity index (χ0n) is 18.0. The second kappa shape index (κ2) is 10.0.